The van der Waals surface area contributed by atoms with Crippen molar-refractivity contribution >= 4 is 17.4 Å². The Bertz CT molecular complexity index is 992. The van der Waals surface area contributed by atoms with E-state index in [1.165, 1.54) is 0 Å². The van der Waals surface area contributed by atoms with E-state index in [0.717, 1.165) is 23.3 Å². The molecule has 0 unspecified atom stereocenters. The molecule has 2 aromatic carbocycles. The number of carbonyl (C=O) groups is 1. The van der Waals surface area contributed by atoms with Gasteiger partial charge in [-0.1, -0.05) is 24.3 Å². The van der Waals surface area contributed by atoms with Crippen molar-refractivity contribution < 1.29 is 27.6 Å². The summed E-state index contributed by atoms with van der Waals surface area (Å²) in [6, 6.07) is 9.86. The maximum Gasteiger partial charge on any atom is 0.416 e. The Morgan fingerprint density at radius 3 is 2.39 bits per heavy atom. The van der Waals surface area contributed by atoms with Crippen molar-refractivity contribution in [2.45, 2.75) is 26.3 Å². The van der Waals surface area contributed by atoms with Gasteiger partial charge in [0.05, 0.1) is 17.1 Å². The van der Waals surface area contributed by atoms with Gasteiger partial charge in [0.15, 0.2) is 0 Å². The number of amides is 2. The fourth-order valence-corrected chi connectivity index (χ4v) is 3.63. The number of hydrogen-bond donors (Lipinski definition) is 1. The SMILES string of the molecule is CCOCc1ccccc1CNC(=O)N1CCN(c2ccc(C(F)(F)F)cc2[N+](=O)[O-])CC1. The van der Waals surface area contributed by atoms with E-state index in [1.54, 1.807) is 9.80 Å². The molecule has 0 aromatic heterocycles. The topological polar surface area (TPSA) is 88.0 Å². The van der Waals surface area contributed by atoms with Gasteiger partial charge < -0.3 is 19.9 Å². The average Bonchev–Trinajstić information content (AvgIpc) is 2.80. The van der Waals surface area contributed by atoms with Gasteiger partial charge in [0.2, 0.25) is 0 Å². The molecule has 8 nitrogen and oxygen atoms in total. The van der Waals surface area contributed by atoms with Crippen LogP contribution in [0.4, 0.5) is 29.3 Å². The molecule has 1 fully saturated rings. The third kappa shape index (κ3) is 6.13. The molecule has 2 aromatic rings. The first-order valence-corrected chi connectivity index (χ1v) is 10.5. The zero-order chi connectivity index (χ0) is 24.0. The molecular formula is C22H25F3N4O4. The summed E-state index contributed by atoms with van der Waals surface area (Å²) in [6.07, 6.45) is -4.67. The molecule has 178 valence electrons. The summed E-state index contributed by atoms with van der Waals surface area (Å²) in [7, 11) is 0. The maximum absolute atomic E-state index is 12.9. The van der Waals surface area contributed by atoms with Gasteiger partial charge in [-0.2, -0.15) is 13.2 Å². The number of nitrogens with zero attached hydrogens (tertiary/aromatic N) is 3. The number of benzene rings is 2. The summed E-state index contributed by atoms with van der Waals surface area (Å²) in [4.78, 5) is 26.3. The van der Waals surface area contributed by atoms with Crippen LogP contribution in [0.1, 0.15) is 23.6 Å². The summed E-state index contributed by atoms with van der Waals surface area (Å²) < 4.78 is 44.2. The molecule has 0 aliphatic carbocycles. The van der Waals surface area contributed by atoms with E-state index in [9.17, 15) is 28.1 Å². The first-order valence-electron chi connectivity index (χ1n) is 10.5. The highest BCUT2D eigenvalue weighted by Crippen LogP contribution is 2.36. The standard InChI is InChI=1S/C22H25F3N4O4/c1-2-33-15-17-6-4-3-5-16(17)14-26-21(30)28-11-9-27(10-12-28)19-8-7-18(22(23,24)25)13-20(19)29(31)32/h3-8,13H,2,9-12,14-15H2,1H3,(H,26,30). The zero-order valence-electron chi connectivity index (χ0n) is 18.1. The number of anilines is 1. The van der Waals surface area contributed by atoms with Crippen LogP contribution >= 0.6 is 0 Å². The van der Waals surface area contributed by atoms with Gasteiger partial charge in [0, 0.05) is 45.4 Å². The lowest BCUT2D eigenvalue weighted by Crippen LogP contribution is -2.51. The highest BCUT2D eigenvalue weighted by atomic mass is 19.4. The molecule has 1 N–H and O–H groups in total. The monoisotopic (exact) mass is 466 g/mol. The van der Waals surface area contributed by atoms with Crippen LogP contribution in [0.15, 0.2) is 42.5 Å². The van der Waals surface area contributed by atoms with Crippen molar-refractivity contribution in [1.82, 2.24) is 10.2 Å². The fraction of sp³-hybridized carbons (Fsp3) is 0.409. The molecule has 0 bridgehead atoms. The average molecular weight is 466 g/mol. The number of hydrogen-bond acceptors (Lipinski definition) is 5. The summed E-state index contributed by atoms with van der Waals surface area (Å²) >= 11 is 0. The predicted molar refractivity (Wildman–Crippen MR) is 116 cm³/mol. The molecule has 0 atom stereocenters. The van der Waals surface area contributed by atoms with Gasteiger partial charge in [-0.05, 0) is 30.2 Å². The van der Waals surface area contributed by atoms with Gasteiger partial charge in [0.25, 0.3) is 5.69 Å². The number of nitrogens with one attached hydrogen (secondary N) is 1. The van der Waals surface area contributed by atoms with Crippen LogP contribution in [-0.4, -0.2) is 48.6 Å². The highest BCUT2D eigenvalue weighted by Gasteiger charge is 2.34. The van der Waals surface area contributed by atoms with Crippen molar-refractivity contribution in [2.75, 3.05) is 37.7 Å². The van der Waals surface area contributed by atoms with Gasteiger partial charge in [-0.15, -0.1) is 0 Å². The first kappa shape index (κ1) is 24.3. The fourth-order valence-electron chi connectivity index (χ4n) is 3.63. The zero-order valence-corrected chi connectivity index (χ0v) is 18.1. The molecule has 1 saturated heterocycles. The van der Waals surface area contributed by atoms with Gasteiger partial charge in [0.1, 0.15) is 5.69 Å². The summed E-state index contributed by atoms with van der Waals surface area (Å²) in [6.45, 7) is 4.36. The second-order valence-corrected chi connectivity index (χ2v) is 7.50. The molecule has 33 heavy (non-hydrogen) atoms. The van der Waals surface area contributed by atoms with E-state index in [0.29, 0.717) is 25.8 Å². The van der Waals surface area contributed by atoms with Crippen molar-refractivity contribution in [3.63, 3.8) is 0 Å². The van der Waals surface area contributed by atoms with Crippen LogP contribution < -0.4 is 10.2 Å². The third-order valence-corrected chi connectivity index (χ3v) is 5.42. The van der Waals surface area contributed by atoms with Crippen molar-refractivity contribution in [2.24, 2.45) is 0 Å². The Labute approximate surface area is 189 Å². The van der Waals surface area contributed by atoms with E-state index in [-0.39, 0.29) is 37.9 Å². The van der Waals surface area contributed by atoms with E-state index in [2.05, 4.69) is 5.32 Å². The minimum atomic E-state index is -4.67. The van der Waals surface area contributed by atoms with Crippen molar-refractivity contribution in [1.29, 1.82) is 0 Å². The number of ether oxygens (including phenoxy) is 1. The largest absolute Gasteiger partial charge is 0.416 e. The third-order valence-electron chi connectivity index (χ3n) is 5.42. The number of halogens is 3. The van der Waals surface area contributed by atoms with Gasteiger partial charge in [-0.25, -0.2) is 4.79 Å². The molecule has 1 aliphatic rings. The minimum absolute atomic E-state index is 0.109. The van der Waals surface area contributed by atoms with Gasteiger partial charge >= 0.3 is 12.2 Å². The molecule has 0 saturated carbocycles. The number of carbonyl (C=O) groups excluding carboxylic acids is 1. The molecule has 0 radical (unpaired) electrons. The van der Waals surface area contributed by atoms with E-state index < -0.39 is 22.4 Å². The Kier molecular flexibility index (Phi) is 7.75. The van der Waals surface area contributed by atoms with E-state index >= 15 is 0 Å². The number of nitro benzene ring substituents is 1. The molecule has 1 heterocycles. The second-order valence-electron chi connectivity index (χ2n) is 7.50. The summed E-state index contributed by atoms with van der Waals surface area (Å²) in [5.74, 6) is 0. The van der Waals surface area contributed by atoms with Crippen molar-refractivity contribution in [3.8, 4) is 0 Å². The van der Waals surface area contributed by atoms with Crippen LogP contribution in [0, 0.1) is 10.1 Å². The number of alkyl halides is 3. The normalized spacial score (nSPS) is 14.3. The summed E-state index contributed by atoms with van der Waals surface area (Å²) in [5, 5.41) is 14.2. The molecular weight excluding hydrogens is 441 g/mol. The molecule has 0 spiro atoms. The Hall–Kier alpha value is -3.34. The molecule has 11 heteroatoms. The number of piperazine rings is 1. The Balaban J connectivity index is 1.60. The quantitative estimate of drug-likeness (QED) is 0.489. The minimum Gasteiger partial charge on any atom is -0.377 e. The molecule has 3 rings (SSSR count). The molecule has 1 aliphatic heterocycles. The van der Waals surface area contributed by atoms with Crippen molar-refractivity contribution in [3.05, 3.63) is 69.3 Å². The van der Waals surface area contributed by atoms with Crippen LogP contribution in [0.2, 0.25) is 0 Å². The van der Waals surface area contributed by atoms with Gasteiger partial charge in [-0.3, -0.25) is 10.1 Å². The molecule has 2 amide bonds. The summed E-state index contributed by atoms with van der Waals surface area (Å²) in [5.41, 5.74) is 0.365. The first-order chi connectivity index (χ1) is 15.7. The van der Waals surface area contributed by atoms with Crippen LogP contribution in [0.5, 0.6) is 0 Å². The Morgan fingerprint density at radius 2 is 1.79 bits per heavy atom. The second kappa shape index (κ2) is 10.5. The number of nitro groups is 1. The maximum atomic E-state index is 12.9. The number of rotatable bonds is 7. The smallest absolute Gasteiger partial charge is 0.377 e. The lowest BCUT2D eigenvalue weighted by molar-refractivity contribution is -0.384. The Morgan fingerprint density at radius 1 is 1.12 bits per heavy atom. The van der Waals surface area contributed by atoms with Crippen LogP contribution in [0.3, 0.4) is 0 Å². The lowest BCUT2D eigenvalue weighted by atomic mass is 10.1. The van der Waals surface area contributed by atoms with Crippen LogP contribution in [0.25, 0.3) is 0 Å². The highest BCUT2D eigenvalue weighted by molar-refractivity contribution is 5.75. The van der Waals surface area contributed by atoms with E-state index in [4.69, 9.17) is 4.74 Å². The van der Waals surface area contributed by atoms with Crippen LogP contribution in [-0.2, 0) is 24.1 Å². The number of urea groups is 1. The van der Waals surface area contributed by atoms with E-state index in [1.807, 2.05) is 31.2 Å². The predicted octanol–water partition coefficient (Wildman–Crippen LogP) is 4.18. The lowest BCUT2D eigenvalue weighted by Gasteiger charge is -2.35.